The van der Waals surface area contributed by atoms with Crippen LogP contribution in [0.2, 0.25) is 5.02 Å². The van der Waals surface area contributed by atoms with E-state index < -0.39 is 0 Å². The zero-order chi connectivity index (χ0) is 18.1. The van der Waals surface area contributed by atoms with E-state index in [1.54, 1.807) is 24.4 Å². The zero-order valence-corrected chi connectivity index (χ0v) is 15.0. The number of nitrogens with one attached hydrogen (secondary N) is 1. The van der Waals surface area contributed by atoms with Gasteiger partial charge in [0, 0.05) is 28.9 Å². The number of hydrogen-bond acceptors (Lipinski definition) is 2. The summed E-state index contributed by atoms with van der Waals surface area (Å²) < 4.78 is 13.9. The number of hydrogen-bond donors (Lipinski definition) is 1. The van der Waals surface area contributed by atoms with Crippen LogP contribution in [0.15, 0.2) is 48.8 Å². The molecule has 2 aliphatic rings. The summed E-state index contributed by atoms with van der Waals surface area (Å²) in [5, 5.41) is 3.59. The maximum Gasteiger partial charge on any atom is 0.224 e. The number of carbonyl (C=O) groups excluding carboxylic acids is 1. The molecule has 3 nitrogen and oxygen atoms in total. The second-order valence-corrected chi connectivity index (χ2v) is 7.71. The van der Waals surface area contributed by atoms with E-state index in [4.69, 9.17) is 11.6 Å². The molecule has 5 heteroatoms. The Morgan fingerprint density at radius 2 is 2.04 bits per heavy atom. The van der Waals surface area contributed by atoms with Crippen LogP contribution in [-0.2, 0) is 4.79 Å². The Bertz CT molecular complexity index is 849. The molecule has 1 fully saturated rings. The fourth-order valence-corrected chi connectivity index (χ4v) is 4.46. The average molecular weight is 371 g/mol. The molecular weight excluding hydrogens is 351 g/mol. The molecule has 1 aromatic carbocycles. The number of pyridine rings is 1. The zero-order valence-electron chi connectivity index (χ0n) is 14.3. The summed E-state index contributed by atoms with van der Waals surface area (Å²) in [6.07, 6.45) is 8.55. The van der Waals surface area contributed by atoms with Crippen molar-refractivity contribution in [2.24, 2.45) is 17.8 Å². The molecule has 0 saturated heterocycles. The van der Waals surface area contributed by atoms with Gasteiger partial charge in [-0.05, 0) is 72.9 Å². The number of amides is 1. The van der Waals surface area contributed by atoms with Gasteiger partial charge >= 0.3 is 0 Å². The fourth-order valence-electron chi connectivity index (χ4n) is 4.33. The third-order valence-corrected chi connectivity index (χ3v) is 5.72. The minimum Gasteiger partial charge on any atom is -0.326 e. The highest BCUT2D eigenvalue weighted by Gasteiger charge is 2.38. The Kier molecular flexibility index (Phi) is 4.77. The number of carbonyl (C=O) groups is 1. The van der Waals surface area contributed by atoms with Crippen LogP contribution in [0.1, 0.15) is 31.2 Å². The first-order chi connectivity index (χ1) is 12.6. The van der Waals surface area contributed by atoms with Crippen LogP contribution in [0.5, 0.6) is 0 Å². The Morgan fingerprint density at radius 1 is 1.23 bits per heavy atom. The second-order valence-electron chi connectivity index (χ2n) is 7.27. The van der Waals surface area contributed by atoms with Crippen LogP contribution in [0.4, 0.5) is 10.1 Å². The third kappa shape index (κ3) is 3.65. The van der Waals surface area contributed by atoms with E-state index in [-0.39, 0.29) is 11.7 Å². The molecule has 1 amide bonds. The summed E-state index contributed by atoms with van der Waals surface area (Å²) in [6.45, 7) is 0. The van der Waals surface area contributed by atoms with Crippen molar-refractivity contribution in [2.45, 2.75) is 25.7 Å². The first kappa shape index (κ1) is 17.2. The number of benzene rings is 1. The monoisotopic (exact) mass is 370 g/mol. The lowest BCUT2D eigenvalue weighted by Gasteiger charge is -2.12. The van der Waals surface area contributed by atoms with Crippen molar-refractivity contribution in [1.29, 1.82) is 0 Å². The van der Waals surface area contributed by atoms with Gasteiger partial charge < -0.3 is 5.32 Å². The molecule has 3 atom stereocenters. The Hall–Kier alpha value is -2.20. The number of aromatic nitrogens is 1. The van der Waals surface area contributed by atoms with E-state index >= 15 is 0 Å². The van der Waals surface area contributed by atoms with Crippen molar-refractivity contribution in [3.8, 4) is 0 Å². The van der Waals surface area contributed by atoms with Crippen LogP contribution in [-0.4, -0.2) is 10.9 Å². The number of nitrogens with zero attached hydrogens (tertiary/aromatic N) is 1. The highest BCUT2D eigenvalue weighted by atomic mass is 35.5. The first-order valence-electron chi connectivity index (χ1n) is 8.94. The third-order valence-electron chi connectivity index (χ3n) is 5.46. The summed E-state index contributed by atoms with van der Waals surface area (Å²) in [5.74, 6) is 1.15. The van der Waals surface area contributed by atoms with E-state index in [9.17, 15) is 9.18 Å². The minimum absolute atomic E-state index is 0.0432. The number of halogens is 2. The Balaban J connectivity index is 1.34. The highest BCUT2D eigenvalue weighted by molar-refractivity contribution is 6.30. The van der Waals surface area contributed by atoms with Gasteiger partial charge in [0.05, 0.1) is 6.20 Å². The smallest absolute Gasteiger partial charge is 0.224 e. The molecule has 1 N–H and O–H groups in total. The van der Waals surface area contributed by atoms with E-state index in [0.717, 1.165) is 30.5 Å². The fraction of sp³-hybridized carbons (Fsp3) is 0.333. The molecule has 0 aliphatic heterocycles. The van der Waals surface area contributed by atoms with Crippen molar-refractivity contribution >= 4 is 28.8 Å². The van der Waals surface area contributed by atoms with E-state index in [2.05, 4.69) is 16.4 Å². The standard InChI is InChI=1S/C21H20ClFN2O/c22-17-1-3-18(4-2-17)25-21(26)9-13-7-14-10-16(11-15(14)8-13)19-5-6-24-12-20(19)23/h1-6,10,12-15H,7-9,11H2,(H,25,26)/t13-,14-,15+/m0/s1. The molecule has 1 aromatic heterocycles. The molecule has 1 saturated carbocycles. The lowest BCUT2D eigenvalue weighted by molar-refractivity contribution is -0.117. The van der Waals surface area contributed by atoms with Gasteiger partial charge in [-0.1, -0.05) is 17.7 Å². The van der Waals surface area contributed by atoms with Crippen LogP contribution in [0.25, 0.3) is 5.57 Å². The summed E-state index contributed by atoms with van der Waals surface area (Å²) in [4.78, 5) is 16.1. The summed E-state index contributed by atoms with van der Waals surface area (Å²) in [6, 6.07) is 8.90. The van der Waals surface area contributed by atoms with Gasteiger partial charge in [-0.15, -0.1) is 0 Å². The average Bonchev–Trinajstić information content (AvgIpc) is 3.15. The quantitative estimate of drug-likeness (QED) is 0.790. The van der Waals surface area contributed by atoms with E-state index in [1.165, 1.54) is 6.20 Å². The van der Waals surface area contributed by atoms with Crippen LogP contribution >= 0.6 is 11.6 Å². The molecule has 1 heterocycles. The largest absolute Gasteiger partial charge is 0.326 e. The van der Waals surface area contributed by atoms with Gasteiger partial charge in [0.1, 0.15) is 5.82 Å². The molecule has 0 spiro atoms. The van der Waals surface area contributed by atoms with Gasteiger partial charge in [0.2, 0.25) is 5.91 Å². The van der Waals surface area contributed by atoms with Gasteiger partial charge in [-0.25, -0.2) is 4.39 Å². The lowest BCUT2D eigenvalue weighted by atomic mass is 9.96. The minimum atomic E-state index is -0.252. The van der Waals surface area contributed by atoms with Crippen molar-refractivity contribution in [2.75, 3.05) is 5.32 Å². The summed E-state index contributed by atoms with van der Waals surface area (Å²) in [5.41, 5.74) is 2.53. The number of fused-ring (bicyclic) bond motifs is 1. The Morgan fingerprint density at radius 3 is 2.77 bits per heavy atom. The van der Waals surface area contributed by atoms with Crippen molar-refractivity contribution in [1.82, 2.24) is 4.98 Å². The predicted octanol–water partition coefficient (Wildman–Crippen LogP) is 5.33. The van der Waals surface area contributed by atoms with Gasteiger partial charge in [0.25, 0.3) is 0 Å². The van der Waals surface area contributed by atoms with Crippen LogP contribution in [0.3, 0.4) is 0 Å². The molecule has 0 unspecified atom stereocenters. The molecule has 134 valence electrons. The van der Waals surface area contributed by atoms with Crippen molar-refractivity contribution in [3.63, 3.8) is 0 Å². The van der Waals surface area contributed by atoms with E-state index in [1.807, 2.05) is 12.1 Å². The summed E-state index contributed by atoms with van der Waals surface area (Å²) in [7, 11) is 0. The topological polar surface area (TPSA) is 42.0 Å². The van der Waals surface area contributed by atoms with Crippen LogP contribution < -0.4 is 5.32 Å². The van der Waals surface area contributed by atoms with Crippen molar-refractivity contribution < 1.29 is 9.18 Å². The van der Waals surface area contributed by atoms with Gasteiger partial charge in [-0.3, -0.25) is 9.78 Å². The van der Waals surface area contributed by atoms with E-state index in [0.29, 0.717) is 34.8 Å². The number of allylic oxidation sites excluding steroid dienone is 2. The highest BCUT2D eigenvalue weighted by Crippen LogP contribution is 2.49. The van der Waals surface area contributed by atoms with Crippen LogP contribution in [0, 0.1) is 23.6 Å². The number of rotatable bonds is 4. The molecule has 26 heavy (non-hydrogen) atoms. The maximum absolute atomic E-state index is 13.9. The molecule has 4 rings (SSSR count). The molecule has 0 radical (unpaired) electrons. The Labute approximate surface area is 157 Å². The van der Waals surface area contributed by atoms with Crippen molar-refractivity contribution in [3.05, 3.63) is 65.2 Å². The molecule has 2 aliphatic carbocycles. The summed E-state index contributed by atoms with van der Waals surface area (Å²) >= 11 is 5.86. The SMILES string of the molecule is O=C(C[C@@H]1C[C@@H]2CC(c3ccncc3F)=C[C@@H]2C1)Nc1ccc(Cl)cc1. The van der Waals surface area contributed by atoms with Gasteiger partial charge in [0.15, 0.2) is 0 Å². The molecule has 2 aromatic rings. The first-order valence-corrected chi connectivity index (χ1v) is 9.32. The predicted molar refractivity (Wildman–Crippen MR) is 101 cm³/mol. The van der Waals surface area contributed by atoms with Gasteiger partial charge in [-0.2, -0.15) is 0 Å². The normalized spacial score (nSPS) is 24.2. The second kappa shape index (κ2) is 7.20. The lowest BCUT2D eigenvalue weighted by Crippen LogP contribution is -2.15. The molecular formula is C21H20ClFN2O. The number of anilines is 1. The molecule has 0 bridgehead atoms. The maximum atomic E-state index is 13.9.